The zero-order valence-corrected chi connectivity index (χ0v) is 11.3. The van der Waals surface area contributed by atoms with Gasteiger partial charge in [0.15, 0.2) is 0 Å². The van der Waals surface area contributed by atoms with Crippen LogP contribution in [-0.4, -0.2) is 27.2 Å². The predicted octanol–water partition coefficient (Wildman–Crippen LogP) is 1.81. The van der Waals surface area contributed by atoms with E-state index < -0.39 is 0 Å². The molecular weight excluding hydrogens is 242 g/mol. The van der Waals surface area contributed by atoms with Crippen molar-refractivity contribution < 1.29 is 4.79 Å². The Morgan fingerprint density at radius 3 is 2.79 bits per heavy atom. The molecule has 6 heteroatoms. The van der Waals surface area contributed by atoms with Gasteiger partial charge in [-0.05, 0) is 37.6 Å². The van der Waals surface area contributed by atoms with Crippen molar-refractivity contribution in [3.8, 4) is 0 Å². The van der Waals surface area contributed by atoms with E-state index in [0.717, 1.165) is 17.8 Å². The Kier molecular flexibility index (Phi) is 3.79. The summed E-state index contributed by atoms with van der Waals surface area (Å²) in [6.45, 7) is 4.79. The number of nitrogens with zero attached hydrogens (tertiary/aromatic N) is 3. The lowest BCUT2D eigenvalue weighted by molar-refractivity contribution is 0.102. The smallest absolute Gasteiger partial charge is 0.258 e. The minimum atomic E-state index is -0.184. The second-order valence-corrected chi connectivity index (χ2v) is 4.22. The highest BCUT2D eigenvalue weighted by atomic mass is 16.1. The van der Waals surface area contributed by atoms with Crippen LogP contribution in [0.25, 0.3) is 0 Å². The fraction of sp³-hybridized carbons (Fsp3) is 0.308. The maximum absolute atomic E-state index is 12.1. The van der Waals surface area contributed by atoms with Crippen LogP contribution in [0.3, 0.4) is 0 Å². The summed E-state index contributed by atoms with van der Waals surface area (Å²) >= 11 is 0. The molecule has 1 aromatic carbocycles. The molecule has 0 atom stereocenters. The maximum Gasteiger partial charge on any atom is 0.258 e. The summed E-state index contributed by atoms with van der Waals surface area (Å²) in [7, 11) is 1.73. The van der Waals surface area contributed by atoms with Crippen molar-refractivity contribution in [3.05, 3.63) is 35.7 Å². The Morgan fingerprint density at radius 1 is 1.42 bits per heavy atom. The molecule has 1 amide bonds. The van der Waals surface area contributed by atoms with Gasteiger partial charge in [0.2, 0.25) is 5.95 Å². The third-order valence-electron chi connectivity index (χ3n) is 2.79. The normalized spacial score (nSPS) is 10.3. The number of anilines is 2. The fourth-order valence-electron chi connectivity index (χ4n) is 1.81. The molecule has 0 radical (unpaired) electrons. The van der Waals surface area contributed by atoms with E-state index in [2.05, 4.69) is 20.7 Å². The molecule has 19 heavy (non-hydrogen) atoms. The van der Waals surface area contributed by atoms with Gasteiger partial charge in [-0.2, -0.15) is 10.1 Å². The van der Waals surface area contributed by atoms with Crippen molar-refractivity contribution in [2.75, 3.05) is 17.2 Å². The molecule has 0 aliphatic rings. The van der Waals surface area contributed by atoms with Crippen LogP contribution in [-0.2, 0) is 7.05 Å². The monoisotopic (exact) mass is 259 g/mol. The number of carbonyl (C=O) groups excluding carboxylic acids is 1. The van der Waals surface area contributed by atoms with Gasteiger partial charge in [-0.3, -0.25) is 10.1 Å². The van der Waals surface area contributed by atoms with Crippen molar-refractivity contribution in [3.63, 3.8) is 0 Å². The summed E-state index contributed by atoms with van der Waals surface area (Å²) in [5.74, 6) is 0.247. The Balaban J connectivity index is 2.17. The van der Waals surface area contributed by atoms with Crippen LogP contribution in [0.5, 0.6) is 0 Å². The van der Waals surface area contributed by atoms with Crippen LogP contribution in [0.1, 0.15) is 22.8 Å². The number of rotatable bonds is 4. The minimum Gasteiger partial charge on any atom is -0.385 e. The first-order valence-electron chi connectivity index (χ1n) is 6.11. The molecule has 2 rings (SSSR count). The average Bonchev–Trinajstić information content (AvgIpc) is 2.75. The summed E-state index contributed by atoms with van der Waals surface area (Å²) in [5.41, 5.74) is 2.55. The first-order valence-corrected chi connectivity index (χ1v) is 6.11. The molecule has 0 unspecified atom stereocenters. The highest BCUT2D eigenvalue weighted by molar-refractivity contribution is 6.04. The van der Waals surface area contributed by atoms with E-state index >= 15 is 0 Å². The van der Waals surface area contributed by atoms with Gasteiger partial charge in [0.05, 0.1) is 0 Å². The van der Waals surface area contributed by atoms with Gasteiger partial charge in [0.25, 0.3) is 5.91 Å². The van der Waals surface area contributed by atoms with Gasteiger partial charge in [-0.15, -0.1) is 0 Å². The second-order valence-electron chi connectivity index (χ2n) is 4.22. The van der Waals surface area contributed by atoms with E-state index in [1.807, 2.05) is 26.0 Å². The van der Waals surface area contributed by atoms with E-state index in [9.17, 15) is 4.79 Å². The molecule has 100 valence electrons. The van der Waals surface area contributed by atoms with Crippen LogP contribution >= 0.6 is 0 Å². The number of carbonyl (C=O) groups is 1. The molecular formula is C13H17N5O. The predicted molar refractivity (Wildman–Crippen MR) is 74.3 cm³/mol. The Bertz CT molecular complexity index is 590. The number of benzene rings is 1. The Labute approximate surface area is 111 Å². The zero-order chi connectivity index (χ0) is 13.8. The highest BCUT2D eigenvalue weighted by Gasteiger charge is 2.12. The average molecular weight is 259 g/mol. The van der Waals surface area contributed by atoms with Crippen LogP contribution in [0.4, 0.5) is 11.6 Å². The van der Waals surface area contributed by atoms with E-state index in [0.29, 0.717) is 11.5 Å². The summed E-state index contributed by atoms with van der Waals surface area (Å²) in [6, 6.07) is 5.65. The van der Waals surface area contributed by atoms with E-state index in [1.165, 1.54) is 11.0 Å². The molecule has 6 nitrogen and oxygen atoms in total. The molecule has 0 fully saturated rings. The molecule has 0 spiro atoms. The van der Waals surface area contributed by atoms with Crippen molar-refractivity contribution in [2.45, 2.75) is 13.8 Å². The van der Waals surface area contributed by atoms with Crippen LogP contribution in [0.15, 0.2) is 24.5 Å². The number of aromatic nitrogens is 3. The standard InChI is InChI=1S/C13H17N5O/c1-4-14-10-5-6-11(9(2)7-10)12(19)17-13-15-8-16-18(13)3/h5-8,14H,4H2,1-3H3,(H,15,16,17,19). The van der Waals surface area contributed by atoms with Crippen LogP contribution in [0, 0.1) is 6.92 Å². The third kappa shape index (κ3) is 2.90. The van der Waals surface area contributed by atoms with E-state index in [4.69, 9.17) is 0 Å². The molecule has 0 bridgehead atoms. The SMILES string of the molecule is CCNc1ccc(C(=O)Nc2ncnn2C)c(C)c1. The van der Waals surface area contributed by atoms with Crippen LogP contribution < -0.4 is 10.6 Å². The molecule has 0 saturated carbocycles. The number of nitrogens with one attached hydrogen (secondary N) is 2. The topological polar surface area (TPSA) is 71.8 Å². The maximum atomic E-state index is 12.1. The van der Waals surface area contributed by atoms with Gasteiger partial charge in [-0.25, -0.2) is 4.68 Å². The molecule has 2 aromatic rings. The first-order chi connectivity index (χ1) is 9.11. The van der Waals surface area contributed by atoms with Gasteiger partial charge in [0.1, 0.15) is 6.33 Å². The van der Waals surface area contributed by atoms with Gasteiger partial charge in [0, 0.05) is 24.8 Å². The molecule has 1 aromatic heterocycles. The number of amides is 1. The van der Waals surface area contributed by atoms with E-state index in [-0.39, 0.29) is 5.91 Å². The number of hydrogen-bond acceptors (Lipinski definition) is 4. The molecule has 0 aliphatic carbocycles. The van der Waals surface area contributed by atoms with Crippen LogP contribution in [0.2, 0.25) is 0 Å². The first kappa shape index (κ1) is 13.1. The molecule has 0 aliphatic heterocycles. The van der Waals surface area contributed by atoms with Crippen molar-refractivity contribution in [2.24, 2.45) is 7.05 Å². The fourth-order valence-corrected chi connectivity index (χ4v) is 1.81. The van der Waals surface area contributed by atoms with Gasteiger partial charge >= 0.3 is 0 Å². The summed E-state index contributed by atoms with van der Waals surface area (Å²) in [5, 5.41) is 9.84. The number of hydrogen-bond donors (Lipinski definition) is 2. The van der Waals surface area contributed by atoms with Gasteiger partial charge < -0.3 is 5.32 Å². The third-order valence-corrected chi connectivity index (χ3v) is 2.79. The molecule has 2 N–H and O–H groups in total. The zero-order valence-electron chi connectivity index (χ0n) is 11.3. The highest BCUT2D eigenvalue weighted by Crippen LogP contribution is 2.16. The largest absolute Gasteiger partial charge is 0.385 e. The van der Waals surface area contributed by atoms with Crippen molar-refractivity contribution in [1.29, 1.82) is 0 Å². The van der Waals surface area contributed by atoms with Gasteiger partial charge in [-0.1, -0.05) is 0 Å². The Morgan fingerprint density at radius 2 is 2.21 bits per heavy atom. The summed E-state index contributed by atoms with van der Waals surface area (Å²) in [6.07, 6.45) is 1.40. The lowest BCUT2D eigenvalue weighted by Crippen LogP contribution is -2.16. The molecule has 1 heterocycles. The van der Waals surface area contributed by atoms with Crippen molar-refractivity contribution in [1.82, 2.24) is 14.8 Å². The van der Waals surface area contributed by atoms with E-state index in [1.54, 1.807) is 13.1 Å². The summed E-state index contributed by atoms with van der Waals surface area (Å²) in [4.78, 5) is 16.1. The van der Waals surface area contributed by atoms with Crippen molar-refractivity contribution >= 4 is 17.5 Å². The summed E-state index contributed by atoms with van der Waals surface area (Å²) < 4.78 is 1.51. The second kappa shape index (κ2) is 5.51. The lowest BCUT2D eigenvalue weighted by Gasteiger charge is -2.09. The quantitative estimate of drug-likeness (QED) is 0.878. The Hall–Kier alpha value is -2.37. The number of aryl methyl sites for hydroxylation is 2. The minimum absolute atomic E-state index is 0.184. The lowest BCUT2D eigenvalue weighted by atomic mass is 10.1. The molecule has 0 saturated heterocycles.